The van der Waals surface area contributed by atoms with E-state index in [2.05, 4.69) is 9.55 Å². The van der Waals surface area contributed by atoms with Crippen LogP contribution in [-0.2, 0) is 6.54 Å². The van der Waals surface area contributed by atoms with Crippen LogP contribution in [0.15, 0.2) is 30.3 Å². The number of nitrogens with two attached hydrogens (primary N) is 1. The molecule has 0 saturated carbocycles. The Bertz CT molecular complexity index is 817. The van der Waals surface area contributed by atoms with Crippen molar-refractivity contribution in [1.29, 1.82) is 0 Å². The van der Waals surface area contributed by atoms with Gasteiger partial charge in [0.25, 0.3) is 0 Å². The van der Waals surface area contributed by atoms with E-state index in [1.54, 1.807) is 12.1 Å². The summed E-state index contributed by atoms with van der Waals surface area (Å²) in [6, 6.07) is 9.17. The van der Waals surface area contributed by atoms with Crippen LogP contribution in [0.5, 0.6) is 0 Å². The van der Waals surface area contributed by atoms with Crippen LogP contribution in [0, 0.1) is 0 Å². The Kier molecular flexibility index (Phi) is 3.74. The average Bonchev–Trinajstić information content (AvgIpc) is 2.81. The second-order valence-corrected chi connectivity index (χ2v) is 5.92. The molecule has 0 bridgehead atoms. The second kappa shape index (κ2) is 5.41. The third kappa shape index (κ3) is 2.46. The number of nitrogens with zero attached hydrogens (tertiary/aromatic N) is 2. The summed E-state index contributed by atoms with van der Waals surface area (Å²) in [6.45, 7) is 2.80. The number of imidazole rings is 1. The van der Waals surface area contributed by atoms with E-state index in [1.165, 1.54) is 0 Å². The fraction of sp³-hybridized carbons (Fsp3) is 0.133. The molecule has 3 aromatic rings. The average molecular weight is 341 g/mol. The van der Waals surface area contributed by atoms with E-state index in [1.807, 2.05) is 25.1 Å². The zero-order valence-corrected chi connectivity index (χ0v) is 13.5. The van der Waals surface area contributed by atoms with Gasteiger partial charge in [-0.2, -0.15) is 0 Å². The monoisotopic (exact) mass is 339 g/mol. The van der Waals surface area contributed by atoms with Crippen molar-refractivity contribution in [2.75, 3.05) is 5.73 Å². The molecule has 3 nitrogen and oxygen atoms in total. The van der Waals surface area contributed by atoms with Crippen molar-refractivity contribution in [1.82, 2.24) is 9.55 Å². The minimum atomic E-state index is 0.379. The van der Waals surface area contributed by atoms with Crippen LogP contribution < -0.4 is 5.73 Å². The quantitative estimate of drug-likeness (QED) is 0.646. The molecular formula is C15H12Cl3N3. The summed E-state index contributed by atoms with van der Waals surface area (Å²) >= 11 is 18.3. The number of nitrogen functional groups attached to an aromatic ring is 1. The smallest absolute Gasteiger partial charge is 0.141 e. The third-order valence-corrected chi connectivity index (χ3v) is 4.22. The van der Waals surface area contributed by atoms with Crippen LogP contribution in [0.1, 0.15) is 6.92 Å². The molecule has 0 spiro atoms. The van der Waals surface area contributed by atoms with Gasteiger partial charge in [0.1, 0.15) is 5.82 Å². The van der Waals surface area contributed by atoms with Crippen molar-refractivity contribution in [2.24, 2.45) is 0 Å². The van der Waals surface area contributed by atoms with Crippen molar-refractivity contribution in [3.8, 4) is 11.4 Å². The number of benzene rings is 2. The van der Waals surface area contributed by atoms with E-state index in [9.17, 15) is 0 Å². The highest BCUT2D eigenvalue weighted by atomic mass is 35.5. The molecule has 0 fully saturated rings. The lowest BCUT2D eigenvalue weighted by Crippen LogP contribution is -1.98. The molecule has 3 rings (SSSR count). The van der Waals surface area contributed by atoms with Gasteiger partial charge in [-0.25, -0.2) is 4.98 Å². The molecule has 0 aliphatic carbocycles. The van der Waals surface area contributed by atoms with Crippen LogP contribution in [0.3, 0.4) is 0 Å². The summed E-state index contributed by atoms with van der Waals surface area (Å²) in [5.41, 5.74) is 8.84. The van der Waals surface area contributed by atoms with Gasteiger partial charge in [-0.15, -0.1) is 0 Å². The molecule has 0 amide bonds. The SMILES string of the molecule is CCn1c(-c2cc(Cl)c(N)c(Cl)c2)nc2ccc(Cl)cc21. The molecule has 2 aromatic carbocycles. The molecule has 108 valence electrons. The molecule has 0 radical (unpaired) electrons. The highest BCUT2D eigenvalue weighted by Gasteiger charge is 2.14. The van der Waals surface area contributed by atoms with Crippen molar-refractivity contribution in [3.05, 3.63) is 45.4 Å². The summed E-state index contributed by atoms with van der Waals surface area (Å²) in [5.74, 6) is 0.790. The molecule has 1 aromatic heterocycles. The van der Waals surface area contributed by atoms with Crippen LogP contribution in [0.25, 0.3) is 22.4 Å². The van der Waals surface area contributed by atoms with Crippen molar-refractivity contribution in [3.63, 3.8) is 0 Å². The van der Waals surface area contributed by atoms with Crippen LogP contribution >= 0.6 is 34.8 Å². The van der Waals surface area contributed by atoms with Crippen molar-refractivity contribution in [2.45, 2.75) is 13.5 Å². The highest BCUT2D eigenvalue weighted by molar-refractivity contribution is 6.39. The molecular weight excluding hydrogens is 329 g/mol. The lowest BCUT2D eigenvalue weighted by atomic mass is 10.2. The van der Waals surface area contributed by atoms with E-state index in [4.69, 9.17) is 40.5 Å². The van der Waals surface area contributed by atoms with Gasteiger partial charge in [0.2, 0.25) is 0 Å². The first-order valence-electron chi connectivity index (χ1n) is 6.42. The summed E-state index contributed by atoms with van der Waals surface area (Å²) < 4.78 is 2.07. The summed E-state index contributed by atoms with van der Waals surface area (Å²) in [7, 11) is 0. The van der Waals surface area contributed by atoms with E-state index < -0.39 is 0 Å². The van der Waals surface area contributed by atoms with Gasteiger partial charge in [-0.1, -0.05) is 34.8 Å². The van der Waals surface area contributed by atoms with Crippen LogP contribution in [0.2, 0.25) is 15.1 Å². The first-order valence-corrected chi connectivity index (χ1v) is 7.55. The number of rotatable bonds is 2. The topological polar surface area (TPSA) is 43.8 Å². The Balaban J connectivity index is 2.29. The van der Waals surface area contributed by atoms with Gasteiger partial charge in [0.05, 0.1) is 26.8 Å². The minimum Gasteiger partial charge on any atom is -0.396 e. The molecule has 1 heterocycles. The predicted molar refractivity (Wildman–Crippen MR) is 90.3 cm³/mol. The number of aryl methyl sites for hydroxylation is 1. The highest BCUT2D eigenvalue weighted by Crippen LogP contribution is 2.34. The molecule has 0 saturated heterocycles. The lowest BCUT2D eigenvalue weighted by molar-refractivity contribution is 0.796. The molecule has 2 N–H and O–H groups in total. The molecule has 0 unspecified atom stereocenters. The third-order valence-electron chi connectivity index (χ3n) is 3.36. The van der Waals surface area contributed by atoms with Gasteiger partial charge in [0.15, 0.2) is 0 Å². The Morgan fingerprint density at radius 2 is 1.76 bits per heavy atom. The van der Waals surface area contributed by atoms with Crippen LogP contribution in [-0.4, -0.2) is 9.55 Å². The Morgan fingerprint density at radius 1 is 1.10 bits per heavy atom. The van der Waals surface area contributed by atoms with Crippen molar-refractivity contribution >= 4 is 51.5 Å². The van der Waals surface area contributed by atoms with Gasteiger partial charge < -0.3 is 10.3 Å². The summed E-state index contributed by atoms with van der Waals surface area (Å²) in [5, 5.41) is 1.52. The minimum absolute atomic E-state index is 0.379. The number of anilines is 1. The van der Waals surface area contributed by atoms with Gasteiger partial charge in [-0.3, -0.25) is 0 Å². The van der Waals surface area contributed by atoms with E-state index in [0.717, 1.165) is 29.0 Å². The Morgan fingerprint density at radius 3 is 2.38 bits per heavy atom. The number of hydrogen-bond acceptors (Lipinski definition) is 2. The first-order chi connectivity index (χ1) is 10.0. The molecule has 0 atom stereocenters. The number of fused-ring (bicyclic) bond motifs is 1. The number of hydrogen-bond donors (Lipinski definition) is 1. The Labute approximate surface area is 137 Å². The normalized spacial score (nSPS) is 11.2. The van der Waals surface area contributed by atoms with E-state index in [-0.39, 0.29) is 0 Å². The maximum Gasteiger partial charge on any atom is 0.141 e. The lowest BCUT2D eigenvalue weighted by Gasteiger charge is -2.09. The zero-order valence-electron chi connectivity index (χ0n) is 11.2. The standard InChI is InChI=1S/C15H12Cl3N3/c1-2-21-13-7-9(16)3-4-12(13)20-15(21)8-5-10(17)14(19)11(18)6-8/h3-7H,2,19H2,1H3. The van der Waals surface area contributed by atoms with Crippen LogP contribution in [0.4, 0.5) is 5.69 Å². The fourth-order valence-electron chi connectivity index (χ4n) is 2.35. The largest absolute Gasteiger partial charge is 0.396 e. The number of halogens is 3. The van der Waals surface area contributed by atoms with Gasteiger partial charge >= 0.3 is 0 Å². The molecule has 21 heavy (non-hydrogen) atoms. The predicted octanol–water partition coefficient (Wildman–Crippen LogP) is 5.27. The second-order valence-electron chi connectivity index (χ2n) is 4.67. The summed E-state index contributed by atoms with van der Waals surface area (Å²) in [4.78, 5) is 4.65. The van der Waals surface area contributed by atoms with Gasteiger partial charge in [0, 0.05) is 17.1 Å². The fourth-order valence-corrected chi connectivity index (χ4v) is 3.00. The zero-order chi connectivity index (χ0) is 15.1. The van der Waals surface area contributed by atoms with Gasteiger partial charge in [-0.05, 0) is 37.3 Å². The maximum atomic E-state index is 6.12. The van der Waals surface area contributed by atoms with E-state index in [0.29, 0.717) is 20.8 Å². The van der Waals surface area contributed by atoms with Crippen molar-refractivity contribution < 1.29 is 0 Å². The molecule has 0 aliphatic heterocycles. The summed E-state index contributed by atoms with van der Waals surface area (Å²) in [6.07, 6.45) is 0. The molecule has 6 heteroatoms. The van der Waals surface area contributed by atoms with E-state index >= 15 is 0 Å². The molecule has 0 aliphatic rings. The first kappa shape index (κ1) is 14.5. The maximum absolute atomic E-state index is 6.12. The Hall–Kier alpha value is -1.42. The number of aromatic nitrogens is 2.